The zero-order valence-electron chi connectivity index (χ0n) is 13.8. The van der Waals surface area contributed by atoms with Crippen molar-refractivity contribution in [2.24, 2.45) is 5.92 Å². The minimum Gasteiger partial charge on any atom is -0.689 e. The summed E-state index contributed by atoms with van der Waals surface area (Å²) in [5.41, 5.74) is 0. The van der Waals surface area contributed by atoms with E-state index in [-0.39, 0.29) is 33.6 Å². The maximum absolute atomic E-state index is 4.28. The van der Waals surface area contributed by atoms with Crippen LogP contribution >= 0.6 is 22.6 Å². The molecular formula is C13H31BIN3Zr. The van der Waals surface area contributed by atoms with Crippen LogP contribution in [-0.2, 0) is 26.2 Å². The Morgan fingerprint density at radius 2 is 1.47 bits per heavy atom. The van der Waals surface area contributed by atoms with Gasteiger partial charge < -0.3 is 23.3 Å². The summed E-state index contributed by atoms with van der Waals surface area (Å²) in [7, 11) is 8.93. The zero-order chi connectivity index (χ0) is 13.7. The maximum Gasteiger partial charge on any atom is 4.00 e. The number of rotatable bonds is 3. The molecule has 1 fully saturated rings. The Hall–Kier alpha value is 1.56. The Morgan fingerprint density at radius 3 is 1.74 bits per heavy atom. The first-order valence-electron chi connectivity index (χ1n) is 6.26. The molecular weight excluding hydrogens is 427 g/mol. The smallest absolute Gasteiger partial charge is 0.689 e. The van der Waals surface area contributed by atoms with Crippen molar-refractivity contribution < 1.29 is 26.2 Å². The van der Waals surface area contributed by atoms with Gasteiger partial charge in [0.2, 0.25) is 0 Å². The Kier molecular flexibility index (Phi) is 33.0. The Bertz CT molecular complexity index is 154. The molecule has 6 heteroatoms. The molecule has 1 rings (SSSR count). The molecule has 0 aromatic rings. The fourth-order valence-corrected chi connectivity index (χ4v) is 2.89. The van der Waals surface area contributed by atoms with Crippen LogP contribution < -0.4 is 0 Å². The third-order valence-corrected chi connectivity index (χ3v) is 4.29. The van der Waals surface area contributed by atoms with E-state index >= 15 is 0 Å². The predicted molar refractivity (Wildman–Crippen MR) is 97.7 cm³/mol. The zero-order valence-corrected chi connectivity index (χ0v) is 18.4. The second kappa shape index (κ2) is 21.8. The van der Waals surface area contributed by atoms with Gasteiger partial charge in [-0.05, 0) is 12.3 Å². The van der Waals surface area contributed by atoms with Crippen LogP contribution in [0.25, 0.3) is 15.9 Å². The van der Waals surface area contributed by atoms with Gasteiger partial charge in [-0.3, -0.25) is 0 Å². The van der Waals surface area contributed by atoms with Gasteiger partial charge in [0.05, 0.1) is 0 Å². The molecule has 0 spiro atoms. The quantitative estimate of drug-likeness (QED) is 0.250. The molecule has 0 aromatic heterocycles. The number of alkyl halides is 1. The molecule has 3 nitrogen and oxygen atoms in total. The fourth-order valence-electron chi connectivity index (χ4n) is 1.80. The van der Waals surface area contributed by atoms with Crippen LogP contribution in [0, 0.1) is 13.3 Å². The van der Waals surface area contributed by atoms with Gasteiger partial charge >= 0.3 is 26.2 Å². The molecule has 0 aliphatic heterocycles. The van der Waals surface area contributed by atoms with E-state index in [9.17, 15) is 0 Å². The largest absolute Gasteiger partial charge is 4.00 e. The van der Waals surface area contributed by atoms with Crippen molar-refractivity contribution in [1.29, 1.82) is 0 Å². The minimum absolute atomic E-state index is 0. The number of halogens is 1. The van der Waals surface area contributed by atoms with Crippen LogP contribution in [-0.4, -0.2) is 46.0 Å². The number of nitrogens with zero attached hydrogens (tertiary/aromatic N) is 3. The second-order valence-electron chi connectivity index (χ2n) is 4.44. The van der Waals surface area contributed by atoms with Crippen LogP contribution in [0.15, 0.2) is 0 Å². The van der Waals surface area contributed by atoms with Crippen LogP contribution in [0.1, 0.15) is 19.3 Å². The molecule has 0 bridgehead atoms. The Morgan fingerprint density at radius 1 is 1.05 bits per heavy atom. The van der Waals surface area contributed by atoms with Gasteiger partial charge in [0.1, 0.15) is 0 Å². The first-order valence-corrected chi connectivity index (χ1v) is 7.50. The van der Waals surface area contributed by atoms with Crippen LogP contribution in [0.3, 0.4) is 0 Å². The van der Waals surface area contributed by atoms with Gasteiger partial charge in [0, 0.05) is 10.8 Å². The summed E-state index contributed by atoms with van der Waals surface area (Å²) in [4.78, 5) is 0. The molecule has 19 heavy (non-hydrogen) atoms. The first-order chi connectivity index (χ1) is 8.06. The minimum atomic E-state index is 0. The van der Waals surface area contributed by atoms with Gasteiger partial charge in [0.15, 0.2) is 0 Å². The van der Waals surface area contributed by atoms with Crippen LogP contribution in [0.4, 0.5) is 0 Å². The molecule has 0 radical (unpaired) electrons. The molecule has 112 valence electrons. The van der Waals surface area contributed by atoms with Crippen LogP contribution in [0.5, 0.6) is 0 Å². The van der Waals surface area contributed by atoms with Crippen molar-refractivity contribution in [3.05, 3.63) is 23.3 Å². The van der Waals surface area contributed by atoms with Gasteiger partial charge in [-0.1, -0.05) is 41.8 Å². The van der Waals surface area contributed by atoms with Gasteiger partial charge in [-0.2, -0.15) is 35.2 Å². The van der Waals surface area contributed by atoms with Crippen molar-refractivity contribution in [3.63, 3.8) is 0 Å². The SMILES string of the molecule is C[N-]B(C)C[C@@H]1CCCC1I.C[N-]C.C[N-]C.[CH3-].[Zr+4]. The summed E-state index contributed by atoms with van der Waals surface area (Å²) in [5, 5.41) is 11.3. The molecule has 1 saturated carbocycles. The standard InChI is InChI=1S/C8H16BIN.2C2H6N.CH3.Zr/c1-9(11-2)6-7-4-3-5-8(7)10;2*1-3-2;;/h7-8H,3-6H2,1-2H3;2*1-2H3;1H3;/q4*-1;+4/t7-,8?;;;;/m0..../s1. The summed E-state index contributed by atoms with van der Waals surface area (Å²) in [6.07, 6.45) is 5.62. The molecule has 1 aliphatic rings. The molecule has 0 amide bonds. The van der Waals surface area contributed by atoms with E-state index < -0.39 is 0 Å². The third kappa shape index (κ3) is 19.6. The summed E-state index contributed by atoms with van der Waals surface area (Å²) < 4.78 is 0.928. The van der Waals surface area contributed by atoms with E-state index in [1.165, 1.54) is 25.6 Å². The third-order valence-electron chi connectivity index (χ3n) is 2.65. The van der Waals surface area contributed by atoms with Crippen molar-refractivity contribution in [1.82, 2.24) is 0 Å². The monoisotopic (exact) mass is 457 g/mol. The average molecular weight is 458 g/mol. The summed E-state index contributed by atoms with van der Waals surface area (Å²) in [6, 6.07) is 0. The molecule has 1 unspecified atom stereocenters. The second-order valence-corrected chi connectivity index (χ2v) is 6.04. The van der Waals surface area contributed by atoms with E-state index in [1.54, 1.807) is 28.2 Å². The van der Waals surface area contributed by atoms with E-state index in [0.29, 0.717) is 6.85 Å². The summed E-state index contributed by atoms with van der Waals surface area (Å²) >= 11 is 2.60. The van der Waals surface area contributed by atoms with Crippen molar-refractivity contribution in [2.45, 2.75) is 36.3 Å². The van der Waals surface area contributed by atoms with Crippen molar-refractivity contribution in [2.75, 3.05) is 35.2 Å². The molecule has 0 heterocycles. The van der Waals surface area contributed by atoms with Crippen molar-refractivity contribution >= 4 is 29.4 Å². The maximum atomic E-state index is 4.28. The molecule has 1 aliphatic carbocycles. The fraction of sp³-hybridized carbons (Fsp3) is 0.923. The van der Waals surface area contributed by atoms with Gasteiger partial charge in [-0.25, -0.2) is 0 Å². The van der Waals surface area contributed by atoms with Crippen molar-refractivity contribution in [3.8, 4) is 0 Å². The normalized spacial score (nSPS) is 19.7. The summed E-state index contributed by atoms with van der Waals surface area (Å²) in [5.74, 6) is 0.953. The Labute approximate surface area is 155 Å². The average Bonchev–Trinajstić information content (AvgIpc) is 2.66. The van der Waals surface area contributed by atoms with E-state index in [4.69, 9.17) is 0 Å². The van der Waals surface area contributed by atoms with E-state index in [1.807, 2.05) is 7.05 Å². The Balaban J connectivity index is -0.000000122. The van der Waals surface area contributed by atoms with Gasteiger partial charge in [0.25, 0.3) is 0 Å². The molecule has 2 atom stereocenters. The van der Waals surface area contributed by atoms with Gasteiger partial charge in [-0.15, -0.1) is 6.82 Å². The number of hydrogen-bond donors (Lipinski definition) is 0. The molecule has 0 aromatic carbocycles. The predicted octanol–water partition coefficient (Wildman–Crippen LogP) is 4.90. The van der Waals surface area contributed by atoms with Crippen LogP contribution in [0.2, 0.25) is 13.1 Å². The molecule has 0 saturated heterocycles. The van der Waals surface area contributed by atoms with E-state index in [0.717, 1.165) is 9.84 Å². The topological polar surface area (TPSA) is 42.3 Å². The summed E-state index contributed by atoms with van der Waals surface area (Å²) in [6.45, 7) is 2.80. The van der Waals surface area contributed by atoms with E-state index in [2.05, 4.69) is 45.3 Å². The number of hydrogen-bond acceptors (Lipinski definition) is 0. The molecule has 0 N–H and O–H groups in total. The first kappa shape index (κ1) is 28.7.